The molecular weight excluding hydrogens is 388 g/mol. The Bertz CT molecular complexity index is 685. The Hall–Kier alpha value is -1.73. The van der Waals surface area contributed by atoms with Crippen molar-refractivity contribution < 1.29 is 19.1 Å². The van der Waals surface area contributed by atoms with Crippen molar-refractivity contribution in [2.75, 3.05) is 24.6 Å². The van der Waals surface area contributed by atoms with Crippen LogP contribution >= 0.6 is 15.9 Å². The normalized spacial score (nSPS) is 22.5. The van der Waals surface area contributed by atoms with Crippen LogP contribution < -0.4 is 4.90 Å². The molecule has 2 aliphatic heterocycles. The van der Waals surface area contributed by atoms with E-state index >= 15 is 0 Å². The van der Waals surface area contributed by atoms with Gasteiger partial charge in [0.15, 0.2) is 0 Å². The van der Waals surface area contributed by atoms with E-state index in [9.17, 15) is 14.4 Å². The van der Waals surface area contributed by atoms with Crippen molar-refractivity contribution in [2.24, 2.45) is 5.92 Å². The molecule has 2 saturated heterocycles. The van der Waals surface area contributed by atoms with E-state index < -0.39 is 6.04 Å². The van der Waals surface area contributed by atoms with Gasteiger partial charge in [0.2, 0.25) is 5.91 Å². The fourth-order valence-corrected chi connectivity index (χ4v) is 3.88. The van der Waals surface area contributed by atoms with Crippen molar-refractivity contribution in [1.29, 1.82) is 0 Å². The molecule has 7 heteroatoms. The third-order valence-corrected chi connectivity index (χ3v) is 5.27. The Labute approximate surface area is 155 Å². The molecule has 3 rings (SSSR count). The summed E-state index contributed by atoms with van der Waals surface area (Å²) in [6.45, 7) is 3.43. The summed E-state index contributed by atoms with van der Waals surface area (Å²) in [5, 5.41) is 0. The number of imide groups is 1. The molecule has 1 atom stereocenters. The molecule has 0 spiro atoms. The van der Waals surface area contributed by atoms with Crippen molar-refractivity contribution in [3.63, 3.8) is 0 Å². The number of carbonyl (C=O) groups excluding carboxylic acids is 3. The minimum absolute atomic E-state index is 0.107. The summed E-state index contributed by atoms with van der Waals surface area (Å²) in [4.78, 5) is 40.3. The van der Waals surface area contributed by atoms with Gasteiger partial charge in [-0.25, -0.2) is 4.90 Å². The van der Waals surface area contributed by atoms with Gasteiger partial charge in [0.05, 0.1) is 30.7 Å². The van der Waals surface area contributed by atoms with Gasteiger partial charge in [0.25, 0.3) is 5.91 Å². The fourth-order valence-electron chi connectivity index (χ4n) is 3.49. The minimum atomic E-state index is -0.436. The SMILES string of the molecule is CCOC(=O)C1CCN([C@@H]2CC(=O)N(c3cccc(Br)c3)C2=O)CC1. The zero-order valence-corrected chi connectivity index (χ0v) is 15.7. The molecule has 0 unspecified atom stereocenters. The molecule has 2 aliphatic rings. The number of rotatable bonds is 4. The third-order valence-electron chi connectivity index (χ3n) is 4.78. The maximum absolute atomic E-state index is 12.8. The number of carbonyl (C=O) groups is 3. The number of likely N-dealkylation sites (tertiary alicyclic amines) is 1. The molecule has 0 radical (unpaired) electrons. The van der Waals surface area contributed by atoms with Crippen LogP contribution in [0, 0.1) is 5.92 Å². The highest BCUT2D eigenvalue weighted by atomic mass is 79.9. The molecule has 0 N–H and O–H groups in total. The molecule has 1 aromatic rings. The van der Waals surface area contributed by atoms with Crippen molar-refractivity contribution >= 4 is 39.4 Å². The highest BCUT2D eigenvalue weighted by molar-refractivity contribution is 9.10. The number of hydrogen-bond acceptors (Lipinski definition) is 5. The van der Waals surface area contributed by atoms with E-state index in [0.717, 1.165) is 4.47 Å². The van der Waals surface area contributed by atoms with Crippen LogP contribution in [0.25, 0.3) is 0 Å². The van der Waals surface area contributed by atoms with E-state index in [1.807, 2.05) is 11.0 Å². The third kappa shape index (κ3) is 3.77. The van der Waals surface area contributed by atoms with Crippen LogP contribution in [0.5, 0.6) is 0 Å². The highest BCUT2D eigenvalue weighted by Crippen LogP contribution is 2.30. The molecule has 0 bridgehead atoms. The van der Waals surface area contributed by atoms with Gasteiger partial charge in [-0.2, -0.15) is 0 Å². The van der Waals surface area contributed by atoms with Crippen LogP contribution in [-0.4, -0.2) is 48.4 Å². The van der Waals surface area contributed by atoms with E-state index in [1.165, 1.54) is 4.90 Å². The molecule has 2 amide bonds. The topological polar surface area (TPSA) is 66.9 Å². The van der Waals surface area contributed by atoms with E-state index in [-0.39, 0.29) is 30.1 Å². The first-order chi connectivity index (χ1) is 12.0. The lowest BCUT2D eigenvalue weighted by atomic mass is 9.95. The molecule has 0 aromatic heterocycles. The van der Waals surface area contributed by atoms with Gasteiger partial charge < -0.3 is 4.74 Å². The molecule has 25 heavy (non-hydrogen) atoms. The van der Waals surface area contributed by atoms with Gasteiger partial charge in [-0.3, -0.25) is 19.3 Å². The minimum Gasteiger partial charge on any atom is -0.466 e. The Balaban J connectivity index is 1.66. The van der Waals surface area contributed by atoms with Crippen molar-refractivity contribution in [3.8, 4) is 0 Å². The zero-order valence-electron chi connectivity index (χ0n) is 14.1. The van der Waals surface area contributed by atoms with Crippen LogP contribution in [0.4, 0.5) is 5.69 Å². The summed E-state index contributed by atoms with van der Waals surface area (Å²) >= 11 is 3.37. The quantitative estimate of drug-likeness (QED) is 0.564. The lowest BCUT2D eigenvalue weighted by Crippen LogP contribution is -2.47. The zero-order chi connectivity index (χ0) is 18.0. The Morgan fingerprint density at radius 3 is 2.64 bits per heavy atom. The maximum Gasteiger partial charge on any atom is 0.309 e. The monoisotopic (exact) mass is 408 g/mol. The highest BCUT2D eigenvalue weighted by Gasteiger charge is 2.44. The summed E-state index contributed by atoms with van der Waals surface area (Å²) < 4.78 is 5.90. The number of amides is 2. The number of hydrogen-bond donors (Lipinski definition) is 0. The number of benzene rings is 1. The Kier molecular flexibility index (Phi) is 5.54. The number of esters is 1. The summed E-state index contributed by atoms with van der Waals surface area (Å²) in [7, 11) is 0. The number of anilines is 1. The Morgan fingerprint density at radius 1 is 1.28 bits per heavy atom. The number of piperidine rings is 1. The number of ether oxygens (including phenoxy) is 1. The second-order valence-corrected chi connectivity index (χ2v) is 7.25. The number of halogens is 1. The molecule has 2 heterocycles. The van der Waals surface area contributed by atoms with E-state index in [2.05, 4.69) is 15.9 Å². The largest absolute Gasteiger partial charge is 0.466 e. The fraction of sp³-hybridized carbons (Fsp3) is 0.500. The average molecular weight is 409 g/mol. The van der Waals surface area contributed by atoms with E-state index in [0.29, 0.717) is 38.2 Å². The summed E-state index contributed by atoms with van der Waals surface area (Å²) in [6, 6.07) is 6.75. The van der Waals surface area contributed by atoms with Crippen LogP contribution in [-0.2, 0) is 19.1 Å². The van der Waals surface area contributed by atoms with Crippen LogP contribution in [0.15, 0.2) is 28.7 Å². The smallest absolute Gasteiger partial charge is 0.309 e. The Morgan fingerprint density at radius 2 is 2.00 bits per heavy atom. The van der Waals surface area contributed by atoms with Gasteiger partial charge in [-0.15, -0.1) is 0 Å². The molecule has 2 fully saturated rings. The van der Waals surface area contributed by atoms with Crippen LogP contribution in [0.3, 0.4) is 0 Å². The molecule has 6 nitrogen and oxygen atoms in total. The lowest BCUT2D eigenvalue weighted by molar-refractivity contribution is -0.149. The first kappa shape index (κ1) is 18.1. The molecular formula is C18H21BrN2O4. The second kappa shape index (κ2) is 7.66. The van der Waals surface area contributed by atoms with Gasteiger partial charge >= 0.3 is 5.97 Å². The molecule has 0 saturated carbocycles. The summed E-state index contributed by atoms with van der Waals surface area (Å²) in [5.74, 6) is -0.630. The standard InChI is InChI=1S/C18H21BrN2O4/c1-2-25-18(24)12-6-8-20(9-7-12)15-11-16(22)21(17(15)23)14-5-3-4-13(19)10-14/h3-5,10,12,15H,2,6-9,11H2,1H3/t15-/m1/s1. The van der Waals surface area contributed by atoms with Crippen molar-refractivity contribution in [1.82, 2.24) is 4.90 Å². The second-order valence-electron chi connectivity index (χ2n) is 6.33. The molecule has 1 aromatic carbocycles. The van der Waals surface area contributed by atoms with Crippen LogP contribution in [0.1, 0.15) is 26.2 Å². The first-order valence-corrected chi connectivity index (χ1v) is 9.33. The first-order valence-electron chi connectivity index (χ1n) is 8.54. The molecule has 134 valence electrons. The maximum atomic E-state index is 12.8. The van der Waals surface area contributed by atoms with E-state index in [4.69, 9.17) is 4.74 Å². The van der Waals surface area contributed by atoms with Gasteiger partial charge in [0, 0.05) is 4.47 Å². The summed E-state index contributed by atoms with van der Waals surface area (Å²) in [5.41, 5.74) is 0.591. The van der Waals surface area contributed by atoms with Crippen molar-refractivity contribution in [3.05, 3.63) is 28.7 Å². The predicted octanol–water partition coefficient (Wildman–Crippen LogP) is 2.36. The van der Waals surface area contributed by atoms with E-state index in [1.54, 1.807) is 25.1 Å². The van der Waals surface area contributed by atoms with Crippen LogP contribution in [0.2, 0.25) is 0 Å². The number of nitrogens with zero attached hydrogens (tertiary/aromatic N) is 2. The summed E-state index contributed by atoms with van der Waals surface area (Å²) in [6.07, 6.45) is 1.51. The van der Waals surface area contributed by atoms with Crippen molar-refractivity contribution in [2.45, 2.75) is 32.2 Å². The van der Waals surface area contributed by atoms with Gasteiger partial charge in [-0.05, 0) is 51.1 Å². The average Bonchev–Trinajstić information content (AvgIpc) is 2.90. The lowest BCUT2D eigenvalue weighted by Gasteiger charge is -2.33. The van der Waals surface area contributed by atoms with Gasteiger partial charge in [0.1, 0.15) is 0 Å². The molecule has 0 aliphatic carbocycles. The van der Waals surface area contributed by atoms with Gasteiger partial charge in [-0.1, -0.05) is 22.0 Å². The predicted molar refractivity (Wildman–Crippen MR) is 96.0 cm³/mol.